The first-order valence-corrected chi connectivity index (χ1v) is 6.86. The van der Waals surface area contributed by atoms with E-state index in [1.807, 2.05) is 31.2 Å². The molecule has 0 spiro atoms. The molecule has 3 nitrogen and oxygen atoms in total. The summed E-state index contributed by atoms with van der Waals surface area (Å²) in [5, 5.41) is 15.7. The molecule has 1 heterocycles. The standard InChI is InChI=1S/C15H19ClN2O/c1-4-8-18-14(13(16)10-17-18)15(3,19)12-7-5-6-11(2)9-12/h5-7,9-10,19H,4,8H2,1-3H3. The quantitative estimate of drug-likeness (QED) is 0.929. The van der Waals surface area contributed by atoms with Crippen molar-refractivity contribution >= 4 is 11.6 Å². The Kier molecular flexibility index (Phi) is 3.97. The fraction of sp³-hybridized carbons (Fsp3) is 0.400. The molecule has 0 amide bonds. The lowest BCUT2D eigenvalue weighted by molar-refractivity contribution is 0.0914. The Bertz CT molecular complexity index is 575. The van der Waals surface area contributed by atoms with Crippen molar-refractivity contribution in [3.63, 3.8) is 0 Å². The summed E-state index contributed by atoms with van der Waals surface area (Å²) in [7, 11) is 0. The van der Waals surface area contributed by atoms with Crippen LogP contribution in [-0.4, -0.2) is 14.9 Å². The van der Waals surface area contributed by atoms with E-state index in [0.29, 0.717) is 10.7 Å². The minimum absolute atomic E-state index is 0.500. The first kappa shape index (κ1) is 14.1. The normalized spacial score (nSPS) is 14.4. The molecule has 1 aromatic heterocycles. The van der Waals surface area contributed by atoms with Gasteiger partial charge in [0.1, 0.15) is 5.60 Å². The van der Waals surface area contributed by atoms with Crippen molar-refractivity contribution in [3.8, 4) is 0 Å². The van der Waals surface area contributed by atoms with E-state index in [1.165, 1.54) is 0 Å². The van der Waals surface area contributed by atoms with Crippen LogP contribution in [0, 0.1) is 6.92 Å². The Balaban J connectivity index is 2.52. The molecule has 102 valence electrons. The fourth-order valence-corrected chi connectivity index (χ4v) is 2.64. The molecule has 2 rings (SSSR count). The molecule has 0 aliphatic heterocycles. The van der Waals surface area contributed by atoms with Gasteiger partial charge in [-0.2, -0.15) is 5.10 Å². The Morgan fingerprint density at radius 1 is 1.42 bits per heavy atom. The highest BCUT2D eigenvalue weighted by Crippen LogP contribution is 2.34. The Hall–Kier alpha value is -1.32. The Morgan fingerprint density at radius 2 is 2.16 bits per heavy atom. The summed E-state index contributed by atoms with van der Waals surface area (Å²) in [4.78, 5) is 0. The minimum Gasteiger partial charge on any atom is -0.379 e. The molecule has 0 aliphatic carbocycles. The Morgan fingerprint density at radius 3 is 2.79 bits per heavy atom. The number of hydrogen-bond donors (Lipinski definition) is 1. The van der Waals surface area contributed by atoms with Gasteiger partial charge < -0.3 is 5.11 Å². The highest BCUT2D eigenvalue weighted by Gasteiger charge is 2.32. The van der Waals surface area contributed by atoms with Gasteiger partial charge in [-0.15, -0.1) is 0 Å². The van der Waals surface area contributed by atoms with Crippen molar-refractivity contribution < 1.29 is 5.11 Å². The van der Waals surface area contributed by atoms with Gasteiger partial charge >= 0.3 is 0 Å². The maximum Gasteiger partial charge on any atom is 0.130 e. The molecular weight excluding hydrogens is 260 g/mol. The molecule has 2 aromatic rings. The molecule has 4 heteroatoms. The second-order valence-corrected chi connectivity index (χ2v) is 5.41. The summed E-state index contributed by atoms with van der Waals surface area (Å²) < 4.78 is 1.78. The predicted molar refractivity (Wildman–Crippen MR) is 77.4 cm³/mol. The zero-order valence-electron chi connectivity index (χ0n) is 11.5. The monoisotopic (exact) mass is 278 g/mol. The summed E-state index contributed by atoms with van der Waals surface area (Å²) >= 11 is 6.21. The highest BCUT2D eigenvalue weighted by atomic mass is 35.5. The lowest BCUT2D eigenvalue weighted by Gasteiger charge is -2.26. The molecule has 1 unspecified atom stereocenters. The molecule has 0 aliphatic rings. The molecule has 0 bridgehead atoms. The van der Waals surface area contributed by atoms with Crippen LogP contribution in [0.1, 0.15) is 37.1 Å². The summed E-state index contributed by atoms with van der Waals surface area (Å²) in [5.41, 5.74) is 1.44. The minimum atomic E-state index is -1.14. The van der Waals surface area contributed by atoms with Gasteiger partial charge in [0.25, 0.3) is 0 Å². The van der Waals surface area contributed by atoms with Gasteiger partial charge in [0.05, 0.1) is 16.9 Å². The van der Waals surface area contributed by atoms with Gasteiger partial charge in [-0.1, -0.05) is 48.4 Å². The zero-order valence-corrected chi connectivity index (χ0v) is 12.3. The molecular formula is C15H19ClN2O. The number of benzene rings is 1. The Labute approximate surface area is 118 Å². The van der Waals surface area contributed by atoms with Crippen molar-refractivity contribution in [2.24, 2.45) is 0 Å². The van der Waals surface area contributed by atoms with E-state index in [-0.39, 0.29) is 0 Å². The number of hydrogen-bond acceptors (Lipinski definition) is 2. The molecule has 0 fully saturated rings. The van der Waals surface area contributed by atoms with E-state index >= 15 is 0 Å². The zero-order chi connectivity index (χ0) is 14.0. The lowest BCUT2D eigenvalue weighted by atomic mass is 9.91. The molecule has 19 heavy (non-hydrogen) atoms. The van der Waals surface area contributed by atoms with Gasteiger partial charge in [0.15, 0.2) is 0 Å². The van der Waals surface area contributed by atoms with Crippen molar-refractivity contribution in [3.05, 3.63) is 52.3 Å². The van der Waals surface area contributed by atoms with Gasteiger partial charge in [0.2, 0.25) is 0 Å². The summed E-state index contributed by atoms with van der Waals surface area (Å²) in [5.74, 6) is 0. The molecule has 1 aromatic carbocycles. The van der Waals surface area contributed by atoms with Gasteiger partial charge in [-0.25, -0.2) is 0 Å². The maximum atomic E-state index is 10.9. The average molecular weight is 279 g/mol. The van der Waals surface area contributed by atoms with Crippen LogP contribution in [0.25, 0.3) is 0 Å². The molecule has 1 N–H and O–H groups in total. The van der Waals surface area contributed by atoms with Crippen LogP contribution in [-0.2, 0) is 12.1 Å². The average Bonchev–Trinajstić information content (AvgIpc) is 2.71. The second kappa shape index (κ2) is 5.35. The number of nitrogens with zero attached hydrogens (tertiary/aromatic N) is 2. The summed E-state index contributed by atoms with van der Waals surface area (Å²) in [6, 6.07) is 7.82. The summed E-state index contributed by atoms with van der Waals surface area (Å²) in [6.45, 7) is 6.58. The van der Waals surface area contributed by atoms with Gasteiger partial charge in [-0.05, 0) is 25.8 Å². The molecule has 0 saturated heterocycles. The van der Waals surface area contributed by atoms with Crippen molar-refractivity contribution in [2.75, 3.05) is 0 Å². The van der Waals surface area contributed by atoms with Gasteiger partial charge in [0, 0.05) is 6.54 Å². The van der Waals surface area contributed by atoms with Crippen LogP contribution >= 0.6 is 11.6 Å². The topological polar surface area (TPSA) is 38.0 Å². The smallest absolute Gasteiger partial charge is 0.130 e. The van der Waals surface area contributed by atoms with E-state index in [2.05, 4.69) is 12.0 Å². The SMILES string of the molecule is CCCn1ncc(Cl)c1C(C)(O)c1cccc(C)c1. The first-order chi connectivity index (χ1) is 8.96. The maximum absolute atomic E-state index is 10.9. The van der Waals surface area contributed by atoms with E-state index < -0.39 is 5.60 Å². The number of aryl methyl sites for hydroxylation is 2. The fourth-order valence-electron chi connectivity index (χ4n) is 2.31. The molecule has 0 saturated carbocycles. The third kappa shape index (κ3) is 2.67. The van der Waals surface area contributed by atoms with Crippen LogP contribution in [0.4, 0.5) is 0 Å². The van der Waals surface area contributed by atoms with E-state index in [4.69, 9.17) is 11.6 Å². The van der Waals surface area contributed by atoms with E-state index in [1.54, 1.807) is 17.8 Å². The highest BCUT2D eigenvalue weighted by molar-refractivity contribution is 6.31. The third-order valence-electron chi connectivity index (χ3n) is 3.27. The number of aliphatic hydroxyl groups is 1. The molecule has 0 radical (unpaired) electrons. The predicted octanol–water partition coefficient (Wildman–Crippen LogP) is 3.51. The van der Waals surface area contributed by atoms with Gasteiger partial charge in [-0.3, -0.25) is 4.68 Å². The van der Waals surface area contributed by atoms with Crippen LogP contribution < -0.4 is 0 Å². The third-order valence-corrected chi connectivity index (χ3v) is 3.55. The largest absolute Gasteiger partial charge is 0.379 e. The lowest BCUT2D eigenvalue weighted by Crippen LogP contribution is -2.27. The summed E-state index contributed by atoms with van der Waals surface area (Å²) in [6.07, 6.45) is 2.53. The number of aromatic nitrogens is 2. The first-order valence-electron chi connectivity index (χ1n) is 6.48. The van der Waals surface area contributed by atoms with E-state index in [0.717, 1.165) is 24.1 Å². The van der Waals surface area contributed by atoms with Crippen LogP contribution in [0.3, 0.4) is 0 Å². The number of halogens is 1. The van der Waals surface area contributed by atoms with Crippen molar-refractivity contribution in [2.45, 2.75) is 39.3 Å². The van der Waals surface area contributed by atoms with Crippen molar-refractivity contribution in [1.29, 1.82) is 0 Å². The van der Waals surface area contributed by atoms with Crippen LogP contribution in [0.15, 0.2) is 30.5 Å². The second-order valence-electron chi connectivity index (χ2n) is 5.01. The van der Waals surface area contributed by atoms with Crippen LogP contribution in [0.5, 0.6) is 0 Å². The van der Waals surface area contributed by atoms with Crippen LogP contribution in [0.2, 0.25) is 5.02 Å². The molecule has 1 atom stereocenters. The van der Waals surface area contributed by atoms with Crippen molar-refractivity contribution in [1.82, 2.24) is 9.78 Å². The van der Waals surface area contributed by atoms with E-state index in [9.17, 15) is 5.11 Å². The number of rotatable bonds is 4.